The molecule has 0 atom stereocenters. The molecule has 4 N–H and O–H groups in total. The number of aliphatic carboxylic acids is 1. The van der Waals surface area contributed by atoms with E-state index >= 15 is 0 Å². The number of rotatable bonds is 8. The molecule has 0 spiro atoms. The van der Waals surface area contributed by atoms with Crippen molar-refractivity contribution in [3.8, 4) is 0 Å². The van der Waals surface area contributed by atoms with Crippen molar-refractivity contribution in [1.82, 2.24) is 10.5 Å². The Balaban J connectivity index is 1.78. The Labute approximate surface area is 140 Å². The van der Waals surface area contributed by atoms with Crippen molar-refractivity contribution in [2.75, 3.05) is 12.3 Å². The zero-order valence-corrected chi connectivity index (χ0v) is 13.2. The highest BCUT2D eigenvalue weighted by atomic mass is 32.1. The number of carboxylic acids is 1. The van der Waals surface area contributed by atoms with E-state index < -0.39 is 24.2 Å². The van der Waals surface area contributed by atoms with Gasteiger partial charge in [0.1, 0.15) is 5.69 Å². The van der Waals surface area contributed by atoms with Crippen LogP contribution in [0.1, 0.15) is 11.3 Å². The maximum atomic E-state index is 11.5. The number of hydrogen-bond donors (Lipinski definition) is 3. The normalized spacial score (nSPS) is 11.1. The Morgan fingerprint density at radius 3 is 2.71 bits per heavy atom. The van der Waals surface area contributed by atoms with E-state index in [-0.39, 0.29) is 17.4 Å². The summed E-state index contributed by atoms with van der Waals surface area (Å²) in [5.41, 5.74) is 8.10. The average molecular weight is 350 g/mol. The van der Waals surface area contributed by atoms with Gasteiger partial charge in [0.2, 0.25) is 5.71 Å². The van der Waals surface area contributed by atoms with Crippen molar-refractivity contribution in [2.24, 2.45) is 5.16 Å². The van der Waals surface area contributed by atoms with Gasteiger partial charge >= 0.3 is 5.97 Å². The second-order valence-corrected chi connectivity index (χ2v) is 5.28. The summed E-state index contributed by atoms with van der Waals surface area (Å²) in [6, 6.07) is 9.23. The van der Waals surface area contributed by atoms with E-state index in [0.29, 0.717) is 0 Å². The minimum absolute atomic E-state index is 0.0609. The van der Waals surface area contributed by atoms with Crippen molar-refractivity contribution in [3.63, 3.8) is 0 Å². The van der Waals surface area contributed by atoms with Crippen molar-refractivity contribution >= 4 is 34.1 Å². The summed E-state index contributed by atoms with van der Waals surface area (Å²) >= 11 is 1.07. The average Bonchev–Trinajstić information content (AvgIpc) is 2.98. The molecule has 0 radical (unpaired) electrons. The lowest BCUT2D eigenvalue weighted by Crippen LogP contribution is -2.27. The molecule has 0 aliphatic rings. The van der Waals surface area contributed by atoms with Crippen molar-refractivity contribution in [1.29, 1.82) is 0 Å². The quantitative estimate of drug-likeness (QED) is 0.472. The van der Waals surface area contributed by atoms with Gasteiger partial charge in [-0.1, -0.05) is 35.5 Å². The number of benzene rings is 1. The van der Waals surface area contributed by atoms with Gasteiger partial charge in [0.05, 0.1) is 6.61 Å². The van der Waals surface area contributed by atoms with Gasteiger partial charge in [0.15, 0.2) is 11.7 Å². The maximum absolute atomic E-state index is 11.5. The van der Waals surface area contributed by atoms with Gasteiger partial charge in [0.25, 0.3) is 5.91 Å². The fourth-order valence-electron chi connectivity index (χ4n) is 1.55. The van der Waals surface area contributed by atoms with Crippen LogP contribution in [0.2, 0.25) is 0 Å². The molecule has 0 aliphatic carbocycles. The summed E-state index contributed by atoms with van der Waals surface area (Å²) < 4.78 is 0. The third-order valence-corrected chi connectivity index (χ3v) is 3.26. The second kappa shape index (κ2) is 8.60. The van der Waals surface area contributed by atoms with Gasteiger partial charge in [-0.15, -0.1) is 11.3 Å². The number of anilines is 1. The summed E-state index contributed by atoms with van der Waals surface area (Å²) in [4.78, 5) is 36.1. The molecule has 0 aliphatic heterocycles. The monoisotopic (exact) mass is 350 g/mol. The topological polar surface area (TPSA) is 136 Å². The lowest BCUT2D eigenvalue weighted by atomic mass is 10.2. The molecule has 1 heterocycles. The molecule has 10 heteroatoms. The number of oxime groups is 1. The molecule has 9 nitrogen and oxygen atoms in total. The lowest BCUT2D eigenvalue weighted by Gasteiger charge is -2.05. The van der Waals surface area contributed by atoms with E-state index in [4.69, 9.17) is 20.5 Å². The van der Waals surface area contributed by atoms with E-state index in [0.717, 1.165) is 16.9 Å². The number of nitrogens with two attached hydrogens (primary N) is 1. The minimum atomic E-state index is -1.35. The highest BCUT2D eigenvalue weighted by Crippen LogP contribution is 2.12. The van der Waals surface area contributed by atoms with Crippen LogP contribution in [0, 0.1) is 0 Å². The van der Waals surface area contributed by atoms with Crippen molar-refractivity contribution in [3.05, 3.63) is 47.0 Å². The minimum Gasteiger partial charge on any atom is -0.476 e. The van der Waals surface area contributed by atoms with Gasteiger partial charge in [-0.05, 0) is 5.56 Å². The highest BCUT2D eigenvalue weighted by molar-refractivity contribution is 7.13. The highest BCUT2D eigenvalue weighted by Gasteiger charge is 2.17. The molecule has 1 aromatic carbocycles. The Hall–Kier alpha value is -2.98. The van der Waals surface area contributed by atoms with Crippen LogP contribution in [-0.2, 0) is 25.9 Å². The number of thiazole rings is 1. The molecule has 2 aromatic rings. The zero-order valence-electron chi connectivity index (χ0n) is 12.3. The molecular formula is C14H14N4O5S. The summed E-state index contributed by atoms with van der Waals surface area (Å²) in [5, 5.41) is 14.1. The first kappa shape index (κ1) is 17.4. The first-order valence-corrected chi connectivity index (χ1v) is 7.53. The third kappa shape index (κ3) is 5.34. The number of nitrogens with one attached hydrogen (secondary N) is 1. The van der Waals surface area contributed by atoms with Crippen LogP contribution in [0.4, 0.5) is 5.13 Å². The maximum Gasteiger partial charge on any atom is 0.360 e. The molecule has 0 unspecified atom stereocenters. The molecular weight excluding hydrogens is 336 g/mol. The molecule has 2 rings (SSSR count). The number of hydrogen-bond acceptors (Lipinski definition) is 8. The largest absolute Gasteiger partial charge is 0.476 e. The Morgan fingerprint density at radius 2 is 2.08 bits per heavy atom. The van der Waals surface area contributed by atoms with Crippen LogP contribution in [-0.4, -0.2) is 34.3 Å². The Kier molecular flexibility index (Phi) is 6.23. The third-order valence-electron chi connectivity index (χ3n) is 2.59. The predicted molar refractivity (Wildman–Crippen MR) is 86.0 cm³/mol. The van der Waals surface area contributed by atoms with Crippen molar-refractivity contribution < 1.29 is 24.4 Å². The molecule has 0 bridgehead atoms. The number of amides is 1. The van der Waals surface area contributed by atoms with Gasteiger partial charge in [0, 0.05) is 5.38 Å². The molecule has 1 amide bonds. The van der Waals surface area contributed by atoms with Crippen LogP contribution in [0.5, 0.6) is 0 Å². The summed E-state index contributed by atoms with van der Waals surface area (Å²) in [5.74, 6) is -1.96. The summed E-state index contributed by atoms with van der Waals surface area (Å²) in [7, 11) is 0. The number of aromatic nitrogens is 1. The van der Waals surface area contributed by atoms with Crippen LogP contribution >= 0.6 is 11.3 Å². The fraction of sp³-hybridized carbons (Fsp3) is 0.143. The van der Waals surface area contributed by atoms with Gasteiger partial charge in [-0.25, -0.2) is 15.3 Å². The van der Waals surface area contributed by atoms with Crippen LogP contribution in [0.25, 0.3) is 0 Å². The zero-order chi connectivity index (χ0) is 17.4. The predicted octanol–water partition coefficient (Wildman–Crippen LogP) is 0.779. The van der Waals surface area contributed by atoms with Crippen LogP contribution in [0.15, 0.2) is 40.9 Å². The van der Waals surface area contributed by atoms with E-state index in [1.807, 2.05) is 30.3 Å². The number of nitrogens with zero attached hydrogens (tertiary/aromatic N) is 2. The van der Waals surface area contributed by atoms with Gasteiger partial charge in [-0.2, -0.15) is 0 Å². The second-order valence-electron chi connectivity index (χ2n) is 4.39. The molecule has 0 saturated carbocycles. The molecule has 1 aromatic heterocycles. The van der Waals surface area contributed by atoms with Gasteiger partial charge in [-0.3, -0.25) is 9.63 Å². The van der Waals surface area contributed by atoms with Crippen molar-refractivity contribution in [2.45, 2.75) is 6.61 Å². The Morgan fingerprint density at radius 1 is 1.33 bits per heavy atom. The summed E-state index contributed by atoms with van der Waals surface area (Å²) in [6.45, 7) is -0.320. The van der Waals surface area contributed by atoms with Crippen LogP contribution < -0.4 is 11.2 Å². The number of hydroxylamine groups is 1. The number of carbonyl (C=O) groups is 2. The smallest absolute Gasteiger partial charge is 0.360 e. The molecule has 0 saturated heterocycles. The van der Waals surface area contributed by atoms with Gasteiger partial charge < -0.3 is 15.7 Å². The molecule has 24 heavy (non-hydrogen) atoms. The summed E-state index contributed by atoms with van der Waals surface area (Å²) in [6.07, 6.45) is 0. The molecule has 126 valence electrons. The molecule has 0 fully saturated rings. The number of carboxylic acid groups (broad SMARTS) is 1. The first-order chi connectivity index (χ1) is 11.6. The van der Waals surface area contributed by atoms with E-state index in [9.17, 15) is 9.59 Å². The number of carbonyl (C=O) groups excluding carboxylic acids is 1. The van der Waals surface area contributed by atoms with E-state index in [2.05, 4.69) is 15.6 Å². The SMILES string of the molecule is Nc1nc(C(=NOCC(=O)NOCc2ccccc2)C(=O)O)cs1. The standard InChI is InChI=1S/C14H14N4O5S/c15-14-16-10(8-24-14)12(13(20)21)18-23-7-11(19)17-22-6-9-4-2-1-3-5-9/h1-5,8H,6-7H2,(H2,15,16)(H,17,19)(H,20,21). The van der Waals surface area contributed by atoms with E-state index in [1.54, 1.807) is 0 Å². The lowest BCUT2D eigenvalue weighted by molar-refractivity contribution is -0.139. The fourth-order valence-corrected chi connectivity index (χ4v) is 2.10. The van der Waals surface area contributed by atoms with Crippen LogP contribution in [0.3, 0.4) is 0 Å². The Bertz CT molecular complexity index is 732. The van der Waals surface area contributed by atoms with E-state index in [1.165, 1.54) is 5.38 Å². The first-order valence-electron chi connectivity index (χ1n) is 6.65. The number of nitrogen functional groups attached to an aromatic ring is 1.